The normalized spacial score (nSPS) is 43.0. The minimum absolute atomic E-state index is 0.0291. The average molecular weight is 560 g/mol. The van der Waals surface area contributed by atoms with E-state index >= 15 is 0 Å². The molecule has 5 rings (SSSR count). The van der Waals surface area contributed by atoms with E-state index < -0.39 is 6.09 Å². The molecule has 8 heteroatoms. The molecular weight excluding hydrogens is 506 g/mol. The first-order valence-corrected chi connectivity index (χ1v) is 16.0. The van der Waals surface area contributed by atoms with Crippen molar-refractivity contribution in [2.24, 2.45) is 45.6 Å². The Hall–Kier alpha value is -1.67. The summed E-state index contributed by atoms with van der Waals surface area (Å²) in [5, 5.41) is 18.0. The number of oxime groups is 1. The first-order chi connectivity index (χ1) is 18.9. The molecule has 226 valence electrons. The topological polar surface area (TPSA) is 100 Å². The van der Waals surface area contributed by atoms with Crippen LogP contribution in [0.2, 0.25) is 0 Å². The van der Waals surface area contributed by atoms with Gasteiger partial charge >= 0.3 is 12.1 Å². The van der Waals surface area contributed by atoms with Crippen molar-refractivity contribution in [3.63, 3.8) is 0 Å². The summed E-state index contributed by atoms with van der Waals surface area (Å²) in [5.74, 6) is 3.04. The highest BCUT2D eigenvalue weighted by Crippen LogP contribution is 2.67. The summed E-state index contributed by atoms with van der Waals surface area (Å²) >= 11 is 0. The zero-order valence-electron chi connectivity index (χ0n) is 25.7. The van der Waals surface area contributed by atoms with E-state index in [0.29, 0.717) is 36.1 Å². The van der Waals surface area contributed by atoms with Crippen molar-refractivity contribution in [3.8, 4) is 0 Å². The third-order valence-electron chi connectivity index (χ3n) is 12.1. The molecule has 0 spiro atoms. The summed E-state index contributed by atoms with van der Waals surface area (Å²) in [7, 11) is 1.73. The van der Waals surface area contributed by atoms with Crippen molar-refractivity contribution in [2.45, 2.75) is 130 Å². The summed E-state index contributed by atoms with van der Waals surface area (Å²) in [6, 6.07) is -0.285. The molecule has 8 nitrogen and oxygen atoms in total. The lowest BCUT2D eigenvalue weighted by Crippen LogP contribution is -2.54. The molecule has 0 aromatic carbocycles. The molecule has 5 fully saturated rings. The zero-order chi connectivity index (χ0) is 28.8. The predicted molar refractivity (Wildman–Crippen MR) is 155 cm³/mol. The van der Waals surface area contributed by atoms with Crippen LogP contribution in [0.3, 0.4) is 0 Å². The van der Waals surface area contributed by atoms with Gasteiger partial charge in [-0.25, -0.2) is 4.79 Å². The second-order valence-electron chi connectivity index (χ2n) is 14.7. The molecule has 2 N–H and O–H groups in total. The van der Waals surface area contributed by atoms with Crippen LogP contribution in [0.1, 0.15) is 105 Å². The molecule has 1 saturated heterocycles. The van der Waals surface area contributed by atoms with Crippen LogP contribution >= 0.6 is 0 Å². The van der Waals surface area contributed by atoms with E-state index in [9.17, 15) is 14.7 Å². The SMILES string of the molecule is C/C(=N\OC(=O)N(C)CC1CCC(C(=O)OC(C)C)N1)[C@H]1CC[C@H]2[C@@H]3CC[C@H]4C[C@@H](O)CC[C@]4(C)[C@H]3CC[C@]12C. The minimum atomic E-state index is -0.455. The number of amides is 1. The Bertz CT molecular complexity index is 986. The molecule has 0 aromatic heterocycles. The minimum Gasteiger partial charge on any atom is -0.462 e. The molecule has 10 atom stereocenters. The number of ether oxygens (including phenoxy) is 1. The van der Waals surface area contributed by atoms with E-state index in [2.05, 4.69) is 24.3 Å². The highest BCUT2D eigenvalue weighted by atomic mass is 16.7. The van der Waals surface area contributed by atoms with Gasteiger partial charge < -0.3 is 14.7 Å². The van der Waals surface area contributed by atoms with Crippen molar-refractivity contribution in [2.75, 3.05) is 13.6 Å². The van der Waals surface area contributed by atoms with Gasteiger partial charge in [-0.3, -0.25) is 14.9 Å². The third kappa shape index (κ3) is 5.56. The maximum atomic E-state index is 12.8. The number of hydrogen-bond donors (Lipinski definition) is 2. The lowest BCUT2D eigenvalue weighted by molar-refractivity contribution is -0.149. The number of aliphatic hydroxyl groups is 1. The van der Waals surface area contributed by atoms with Crippen molar-refractivity contribution < 1.29 is 24.3 Å². The van der Waals surface area contributed by atoms with Gasteiger partial charge in [0.25, 0.3) is 0 Å². The highest BCUT2D eigenvalue weighted by Gasteiger charge is 2.60. The number of esters is 1. The number of likely N-dealkylation sites (N-methyl/N-ethyl adjacent to an activating group) is 1. The zero-order valence-corrected chi connectivity index (χ0v) is 25.7. The van der Waals surface area contributed by atoms with Crippen LogP contribution in [0, 0.1) is 40.4 Å². The fourth-order valence-electron chi connectivity index (χ4n) is 10.0. The Morgan fingerprint density at radius 1 is 1.00 bits per heavy atom. The lowest BCUT2D eigenvalue weighted by Gasteiger charge is -2.61. The average Bonchev–Trinajstić information content (AvgIpc) is 3.51. The first-order valence-electron chi connectivity index (χ1n) is 16.0. The van der Waals surface area contributed by atoms with E-state index in [1.807, 2.05) is 20.8 Å². The Kier molecular flexibility index (Phi) is 8.60. The molecule has 1 amide bonds. The Morgan fingerprint density at radius 3 is 2.48 bits per heavy atom. The lowest BCUT2D eigenvalue weighted by atomic mass is 9.44. The molecule has 2 unspecified atom stereocenters. The van der Waals surface area contributed by atoms with Gasteiger partial charge in [0, 0.05) is 25.6 Å². The number of nitrogens with one attached hydrogen (secondary N) is 1. The summed E-state index contributed by atoms with van der Waals surface area (Å²) in [6.07, 6.45) is 11.4. The van der Waals surface area contributed by atoms with Crippen molar-refractivity contribution in [1.82, 2.24) is 10.2 Å². The Labute approximate surface area is 241 Å². The molecular formula is C32H53N3O5. The smallest absolute Gasteiger partial charge is 0.435 e. The second kappa shape index (κ2) is 11.5. The fourth-order valence-corrected chi connectivity index (χ4v) is 10.0. The molecule has 1 heterocycles. The van der Waals surface area contributed by atoms with Crippen molar-refractivity contribution in [3.05, 3.63) is 0 Å². The van der Waals surface area contributed by atoms with Crippen LogP contribution in [0.4, 0.5) is 4.79 Å². The number of nitrogens with zero attached hydrogens (tertiary/aromatic N) is 2. The maximum Gasteiger partial charge on any atom is 0.435 e. The number of hydrogen-bond acceptors (Lipinski definition) is 7. The molecule has 0 bridgehead atoms. The van der Waals surface area contributed by atoms with Gasteiger partial charge in [0.2, 0.25) is 0 Å². The molecule has 40 heavy (non-hydrogen) atoms. The Balaban J connectivity index is 1.15. The van der Waals surface area contributed by atoms with E-state index in [-0.39, 0.29) is 35.7 Å². The first kappa shape index (κ1) is 29.8. The highest BCUT2D eigenvalue weighted by molar-refractivity contribution is 5.85. The number of fused-ring (bicyclic) bond motifs is 5. The van der Waals surface area contributed by atoms with E-state index in [0.717, 1.165) is 43.2 Å². The van der Waals surface area contributed by atoms with Crippen LogP contribution in [-0.2, 0) is 14.4 Å². The van der Waals surface area contributed by atoms with Gasteiger partial charge in [-0.1, -0.05) is 19.0 Å². The van der Waals surface area contributed by atoms with Gasteiger partial charge in [0.1, 0.15) is 6.04 Å². The van der Waals surface area contributed by atoms with Crippen LogP contribution in [0.15, 0.2) is 5.16 Å². The summed E-state index contributed by atoms with van der Waals surface area (Å²) in [4.78, 5) is 32.0. The third-order valence-corrected chi connectivity index (χ3v) is 12.1. The van der Waals surface area contributed by atoms with Gasteiger partial charge in [-0.05, 0) is 126 Å². The fraction of sp³-hybridized carbons (Fsp3) is 0.906. The number of carbonyl (C=O) groups excluding carboxylic acids is 2. The molecule has 4 saturated carbocycles. The summed E-state index contributed by atoms with van der Waals surface area (Å²) in [6.45, 7) is 11.2. The van der Waals surface area contributed by atoms with Gasteiger partial charge in [-0.15, -0.1) is 0 Å². The molecule has 0 aromatic rings. The molecule has 1 aliphatic heterocycles. The van der Waals surface area contributed by atoms with Crippen LogP contribution in [-0.4, -0.2) is 65.7 Å². The largest absolute Gasteiger partial charge is 0.462 e. The Morgan fingerprint density at radius 2 is 1.73 bits per heavy atom. The molecule has 0 radical (unpaired) electrons. The van der Waals surface area contributed by atoms with E-state index in [1.165, 1.54) is 38.5 Å². The monoisotopic (exact) mass is 559 g/mol. The van der Waals surface area contributed by atoms with Gasteiger partial charge in [-0.2, -0.15) is 0 Å². The predicted octanol–water partition coefficient (Wildman–Crippen LogP) is 5.52. The van der Waals surface area contributed by atoms with Crippen LogP contribution in [0.5, 0.6) is 0 Å². The summed E-state index contributed by atoms with van der Waals surface area (Å²) < 4.78 is 5.32. The molecule has 5 aliphatic rings. The quantitative estimate of drug-likeness (QED) is 0.192. The van der Waals surface area contributed by atoms with Crippen LogP contribution < -0.4 is 5.32 Å². The number of aliphatic hydroxyl groups excluding tert-OH is 1. The van der Waals surface area contributed by atoms with Gasteiger partial charge in [0.05, 0.1) is 17.9 Å². The second-order valence-corrected chi connectivity index (χ2v) is 14.7. The maximum absolute atomic E-state index is 12.8. The summed E-state index contributed by atoms with van der Waals surface area (Å²) in [5.41, 5.74) is 1.53. The van der Waals surface area contributed by atoms with Crippen molar-refractivity contribution >= 4 is 17.8 Å². The van der Waals surface area contributed by atoms with E-state index in [4.69, 9.17) is 9.57 Å². The number of rotatable bonds is 6. The van der Waals surface area contributed by atoms with E-state index in [1.54, 1.807) is 11.9 Å². The van der Waals surface area contributed by atoms with Crippen molar-refractivity contribution in [1.29, 1.82) is 0 Å². The molecule has 4 aliphatic carbocycles. The number of carbonyl (C=O) groups is 2. The van der Waals surface area contributed by atoms with Gasteiger partial charge in [0.15, 0.2) is 0 Å². The standard InChI is InChI=1S/C32H53N3O5/c1-19(2)39-29(37)28-12-8-22(33-28)18-35(6)30(38)40-34-20(3)25-10-11-26-24-9-7-21-17-23(36)13-15-31(21,4)27(24)14-16-32(25,26)5/h19,21-28,33,36H,7-18H2,1-6H3/b34-20+/t21-,22?,23-,24-,25+,26-,27-,28?,31-,32+/m0/s1. The van der Waals surface area contributed by atoms with Crippen LogP contribution in [0.25, 0.3) is 0 Å².